The molecule has 0 spiro atoms. The molecule has 0 saturated heterocycles. The minimum absolute atomic E-state index is 0.0376. The Morgan fingerprint density at radius 2 is 2.15 bits per heavy atom. The molecule has 0 unspecified atom stereocenters. The maximum atomic E-state index is 10.7. The molecule has 0 amide bonds. The average molecular weight is 219 g/mol. The summed E-state index contributed by atoms with van der Waals surface area (Å²) in [5.74, 6) is -1.09. The SMILES string of the molecule is CSc1nc(Cl)c(C)c(C(=O)O)n1. The van der Waals surface area contributed by atoms with Gasteiger partial charge in [-0.15, -0.1) is 0 Å². The van der Waals surface area contributed by atoms with Crippen LogP contribution in [-0.2, 0) is 0 Å². The summed E-state index contributed by atoms with van der Waals surface area (Å²) >= 11 is 6.97. The quantitative estimate of drug-likeness (QED) is 0.466. The van der Waals surface area contributed by atoms with E-state index in [1.807, 2.05) is 0 Å². The van der Waals surface area contributed by atoms with Crippen LogP contribution in [0.2, 0.25) is 5.15 Å². The molecule has 1 N–H and O–H groups in total. The molecular formula is C7H7ClN2O2S. The number of hydrogen-bond acceptors (Lipinski definition) is 4. The van der Waals surface area contributed by atoms with Gasteiger partial charge in [0.15, 0.2) is 10.9 Å². The molecule has 1 aromatic rings. The summed E-state index contributed by atoms with van der Waals surface area (Å²) in [7, 11) is 0. The molecule has 4 nitrogen and oxygen atoms in total. The fourth-order valence-electron chi connectivity index (χ4n) is 0.770. The Morgan fingerprint density at radius 3 is 2.62 bits per heavy atom. The molecule has 0 saturated carbocycles. The number of carboxylic acid groups (broad SMARTS) is 1. The molecule has 0 aliphatic heterocycles. The van der Waals surface area contributed by atoms with E-state index in [-0.39, 0.29) is 10.8 Å². The van der Waals surface area contributed by atoms with Crippen molar-refractivity contribution >= 4 is 29.3 Å². The number of carbonyl (C=O) groups is 1. The monoisotopic (exact) mass is 218 g/mol. The van der Waals surface area contributed by atoms with Crippen molar-refractivity contribution < 1.29 is 9.90 Å². The summed E-state index contributed by atoms with van der Waals surface area (Å²) in [6.45, 7) is 1.58. The summed E-state index contributed by atoms with van der Waals surface area (Å²) in [6.07, 6.45) is 1.76. The molecule has 1 rings (SSSR count). The number of aromatic nitrogens is 2. The van der Waals surface area contributed by atoms with Crippen LogP contribution >= 0.6 is 23.4 Å². The number of aromatic carboxylic acids is 1. The zero-order valence-electron chi connectivity index (χ0n) is 7.04. The molecule has 70 valence electrons. The van der Waals surface area contributed by atoms with Gasteiger partial charge >= 0.3 is 5.97 Å². The predicted molar refractivity (Wildman–Crippen MR) is 50.5 cm³/mol. The predicted octanol–water partition coefficient (Wildman–Crippen LogP) is 1.86. The lowest BCUT2D eigenvalue weighted by Gasteiger charge is -2.03. The van der Waals surface area contributed by atoms with E-state index in [1.54, 1.807) is 13.2 Å². The highest BCUT2D eigenvalue weighted by atomic mass is 35.5. The highest BCUT2D eigenvalue weighted by Crippen LogP contribution is 2.19. The molecule has 1 aromatic heterocycles. The maximum Gasteiger partial charge on any atom is 0.354 e. The highest BCUT2D eigenvalue weighted by Gasteiger charge is 2.14. The smallest absolute Gasteiger partial charge is 0.354 e. The van der Waals surface area contributed by atoms with Gasteiger partial charge in [0.2, 0.25) is 0 Å². The fourth-order valence-corrected chi connectivity index (χ4v) is 1.35. The molecule has 1 heterocycles. The van der Waals surface area contributed by atoms with Gasteiger partial charge in [0.1, 0.15) is 5.15 Å². The van der Waals surface area contributed by atoms with Crippen molar-refractivity contribution in [2.45, 2.75) is 12.1 Å². The van der Waals surface area contributed by atoms with Crippen LogP contribution < -0.4 is 0 Å². The molecule has 0 aromatic carbocycles. The molecule has 0 fully saturated rings. The lowest BCUT2D eigenvalue weighted by Crippen LogP contribution is -2.06. The van der Waals surface area contributed by atoms with Crippen LogP contribution in [0, 0.1) is 6.92 Å². The zero-order valence-corrected chi connectivity index (χ0v) is 8.61. The van der Waals surface area contributed by atoms with Crippen molar-refractivity contribution in [2.24, 2.45) is 0 Å². The molecular weight excluding hydrogens is 212 g/mol. The Kier molecular flexibility index (Phi) is 3.11. The van der Waals surface area contributed by atoms with Gasteiger partial charge in [0, 0.05) is 5.56 Å². The molecule has 0 bridgehead atoms. The van der Waals surface area contributed by atoms with Crippen molar-refractivity contribution in [2.75, 3.05) is 6.26 Å². The molecule has 0 aliphatic rings. The van der Waals surface area contributed by atoms with Crippen molar-refractivity contribution in [3.63, 3.8) is 0 Å². The van der Waals surface area contributed by atoms with Gasteiger partial charge in [0.05, 0.1) is 0 Å². The van der Waals surface area contributed by atoms with E-state index in [0.717, 1.165) is 0 Å². The van der Waals surface area contributed by atoms with Crippen LogP contribution in [0.4, 0.5) is 0 Å². The van der Waals surface area contributed by atoms with Crippen LogP contribution in [0.5, 0.6) is 0 Å². The number of rotatable bonds is 2. The van der Waals surface area contributed by atoms with Gasteiger partial charge in [0.25, 0.3) is 0 Å². The van der Waals surface area contributed by atoms with Gasteiger partial charge in [-0.05, 0) is 13.2 Å². The summed E-state index contributed by atoms with van der Waals surface area (Å²) in [5.41, 5.74) is 0.358. The first kappa shape index (κ1) is 10.3. The summed E-state index contributed by atoms with van der Waals surface area (Å²) in [4.78, 5) is 18.4. The Balaban J connectivity index is 3.33. The van der Waals surface area contributed by atoms with E-state index >= 15 is 0 Å². The van der Waals surface area contributed by atoms with Crippen molar-refractivity contribution in [1.29, 1.82) is 0 Å². The van der Waals surface area contributed by atoms with Gasteiger partial charge in [-0.3, -0.25) is 0 Å². The summed E-state index contributed by atoms with van der Waals surface area (Å²) in [6, 6.07) is 0. The van der Waals surface area contributed by atoms with E-state index in [1.165, 1.54) is 11.8 Å². The first-order chi connectivity index (χ1) is 6.06. The van der Waals surface area contributed by atoms with Crippen LogP contribution in [0.1, 0.15) is 16.1 Å². The second-order valence-corrected chi connectivity index (χ2v) is 3.41. The Morgan fingerprint density at radius 1 is 1.54 bits per heavy atom. The fraction of sp³-hybridized carbons (Fsp3) is 0.286. The Bertz CT molecular complexity index is 357. The van der Waals surface area contributed by atoms with Crippen LogP contribution in [0.15, 0.2) is 5.16 Å². The lowest BCUT2D eigenvalue weighted by molar-refractivity contribution is 0.0688. The van der Waals surface area contributed by atoms with E-state index in [9.17, 15) is 4.79 Å². The van der Waals surface area contributed by atoms with Crippen molar-refractivity contribution in [1.82, 2.24) is 9.97 Å². The standard InChI is InChI=1S/C7H7ClN2O2S/c1-3-4(6(11)12)9-7(13-2)10-5(3)8/h1-2H3,(H,11,12). The Hall–Kier alpha value is -0.810. The Labute approximate surface area is 84.3 Å². The average Bonchev–Trinajstić information content (AvgIpc) is 2.09. The van der Waals surface area contributed by atoms with Crippen LogP contribution in [0.25, 0.3) is 0 Å². The number of carboxylic acids is 1. The third kappa shape index (κ3) is 2.10. The normalized spacial score (nSPS) is 10.1. The topological polar surface area (TPSA) is 63.1 Å². The van der Waals surface area contributed by atoms with Crippen LogP contribution in [0.3, 0.4) is 0 Å². The maximum absolute atomic E-state index is 10.7. The van der Waals surface area contributed by atoms with E-state index in [4.69, 9.17) is 16.7 Å². The van der Waals surface area contributed by atoms with E-state index in [2.05, 4.69) is 9.97 Å². The minimum Gasteiger partial charge on any atom is -0.476 e. The lowest BCUT2D eigenvalue weighted by atomic mass is 10.2. The summed E-state index contributed by atoms with van der Waals surface area (Å²) in [5, 5.41) is 9.31. The number of hydrogen-bond donors (Lipinski definition) is 1. The van der Waals surface area contributed by atoms with E-state index < -0.39 is 5.97 Å². The van der Waals surface area contributed by atoms with Gasteiger partial charge in [-0.25, -0.2) is 14.8 Å². The molecule has 0 aliphatic carbocycles. The molecule has 6 heteroatoms. The zero-order chi connectivity index (χ0) is 10.0. The van der Waals surface area contributed by atoms with Crippen molar-refractivity contribution in [3.05, 3.63) is 16.4 Å². The third-order valence-electron chi connectivity index (χ3n) is 1.45. The minimum atomic E-state index is -1.09. The van der Waals surface area contributed by atoms with Gasteiger partial charge < -0.3 is 5.11 Å². The second kappa shape index (κ2) is 3.93. The van der Waals surface area contributed by atoms with Gasteiger partial charge in [-0.2, -0.15) is 0 Å². The number of thioether (sulfide) groups is 1. The largest absolute Gasteiger partial charge is 0.476 e. The second-order valence-electron chi connectivity index (χ2n) is 2.28. The van der Waals surface area contributed by atoms with Crippen LogP contribution in [-0.4, -0.2) is 27.3 Å². The summed E-state index contributed by atoms with van der Waals surface area (Å²) < 4.78 is 0. The number of halogens is 1. The number of nitrogens with zero attached hydrogens (tertiary/aromatic N) is 2. The molecule has 0 radical (unpaired) electrons. The van der Waals surface area contributed by atoms with Crippen molar-refractivity contribution in [3.8, 4) is 0 Å². The van der Waals surface area contributed by atoms with Gasteiger partial charge in [-0.1, -0.05) is 23.4 Å². The molecule has 13 heavy (non-hydrogen) atoms. The first-order valence-corrected chi connectivity index (χ1v) is 4.98. The molecule has 0 atom stereocenters. The highest BCUT2D eigenvalue weighted by molar-refractivity contribution is 7.98. The third-order valence-corrected chi connectivity index (χ3v) is 2.37. The first-order valence-electron chi connectivity index (χ1n) is 3.37. The van der Waals surface area contributed by atoms with E-state index in [0.29, 0.717) is 10.7 Å².